The molecule has 6 rings (SSSR count). The number of benzene rings is 2. The van der Waals surface area contributed by atoms with E-state index in [1.807, 2.05) is 38.1 Å². The minimum atomic E-state index is -0.921. The Balaban J connectivity index is 0.000000201. The lowest BCUT2D eigenvalue weighted by Gasteiger charge is -2.30. The molecule has 276 valence electrons. The smallest absolute Gasteiger partial charge is 0.325 e. The van der Waals surface area contributed by atoms with E-state index in [0.29, 0.717) is 15.1 Å². The van der Waals surface area contributed by atoms with Gasteiger partial charge in [0.1, 0.15) is 0 Å². The first-order chi connectivity index (χ1) is 25.0. The lowest BCUT2D eigenvalue weighted by molar-refractivity contribution is -0.136. The summed E-state index contributed by atoms with van der Waals surface area (Å²) in [5, 5.41) is 20.8. The van der Waals surface area contributed by atoms with Gasteiger partial charge in [-0.3, -0.25) is 20.2 Å². The van der Waals surface area contributed by atoms with Crippen LogP contribution in [-0.4, -0.2) is 65.2 Å². The summed E-state index contributed by atoms with van der Waals surface area (Å²) >= 11 is 2.40. The van der Waals surface area contributed by atoms with Gasteiger partial charge in [0, 0.05) is 48.3 Å². The standard InChI is InChI=1S/C18H23N5O2S.C18H22N4O3S/c1-12-5-6-14(15(9-12)23-7-3-2-4-8-23)21-17(25)22-18-20-11-13(26-18)10-16(19)24;1-12-5-6-14(15(9-12)22-7-3-2-4-8-22)20-17(25)21-18-19-11-13(26-18)10-16(23)24/h5-6,9,11H,2-4,7-8,10H2,1H3,(H2,19,24)(H2,20,21,22,25);5-6,9,11H,2-4,7-8,10H2,1H3,(H,23,24)(H2,19,20,21,25). The predicted molar refractivity (Wildman–Crippen MR) is 208 cm³/mol. The summed E-state index contributed by atoms with van der Waals surface area (Å²) in [5.41, 5.74) is 11.1. The molecule has 0 radical (unpaired) electrons. The Morgan fingerprint density at radius 1 is 0.673 bits per heavy atom. The number of anilines is 6. The number of urea groups is 2. The van der Waals surface area contributed by atoms with Gasteiger partial charge in [0.25, 0.3) is 0 Å². The van der Waals surface area contributed by atoms with Gasteiger partial charge in [0.15, 0.2) is 10.3 Å². The third-order valence-electron chi connectivity index (χ3n) is 8.42. The molecule has 0 bridgehead atoms. The highest BCUT2D eigenvalue weighted by Crippen LogP contribution is 2.31. The van der Waals surface area contributed by atoms with Crippen molar-refractivity contribution in [3.8, 4) is 0 Å². The van der Waals surface area contributed by atoms with Gasteiger partial charge in [0.2, 0.25) is 5.91 Å². The second-order valence-corrected chi connectivity index (χ2v) is 15.0. The number of nitrogens with one attached hydrogen (secondary N) is 4. The first-order valence-electron chi connectivity index (χ1n) is 17.3. The van der Waals surface area contributed by atoms with Crippen LogP contribution in [0.25, 0.3) is 0 Å². The number of carbonyl (C=O) groups excluding carboxylic acids is 3. The van der Waals surface area contributed by atoms with Crippen LogP contribution in [0.2, 0.25) is 0 Å². The van der Waals surface area contributed by atoms with Crippen molar-refractivity contribution in [3.05, 3.63) is 69.7 Å². The fourth-order valence-electron chi connectivity index (χ4n) is 6.00. The van der Waals surface area contributed by atoms with Gasteiger partial charge in [-0.25, -0.2) is 19.6 Å². The van der Waals surface area contributed by atoms with E-state index in [4.69, 9.17) is 10.8 Å². The molecule has 14 nitrogen and oxygen atoms in total. The van der Waals surface area contributed by atoms with Crippen LogP contribution in [-0.2, 0) is 22.4 Å². The molecule has 0 saturated carbocycles. The molecule has 2 fully saturated rings. The number of nitrogens with zero attached hydrogens (tertiary/aromatic N) is 4. The Bertz CT molecular complexity index is 1730. The van der Waals surface area contributed by atoms with Gasteiger partial charge in [-0.1, -0.05) is 12.1 Å². The summed E-state index contributed by atoms with van der Waals surface area (Å²) in [5.74, 6) is -1.34. The molecule has 5 amide bonds. The first-order valence-corrected chi connectivity index (χ1v) is 18.9. The fourth-order valence-corrected chi connectivity index (χ4v) is 7.62. The zero-order valence-electron chi connectivity index (χ0n) is 29.4. The van der Waals surface area contributed by atoms with Gasteiger partial charge in [0.05, 0.1) is 35.6 Å². The zero-order valence-corrected chi connectivity index (χ0v) is 31.0. The van der Waals surface area contributed by atoms with Crippen LogP contribution in [0.4, 0.5) is 42.6 Å². The summed E-state index contributed by atoms with van der Waals surface area (Å²) in [6.45, 7) is 8.07. The van der Waals surface area contributed by atoms with E-state index in [1.165, 1.54) is 43.2 Å². The molecule has 0 aliphatic carbocycles. The van der Waals surface area contributed by atoms with E-state index in [-0.39, 0.29) is 24.9 Å². The maximum absolute atomic E-state index is 12.4. The molecular weight excluding hydrogens is 703 g/mol. The van der Waals surface area contributed by atoms with Crippen molar-refractivity contribution < 1.29 is 24.3 Å². The molecule has 2 aliphatic rings. The summed E-state index contributed by atoms with van der Waals surface area (Å²) in [6, 6.07) is 11.3. The quantitative estimate of drug-likeness (QED) is 0.101. The second kappa shape index (κ2) is 18.3. The van der Waals surface area contributed by atoms with E-state index >= 15 is 0 Å². The topological polar surface area (TPSA) is 195 Å². The number of hydrogen-bond donors (Lipinski definition) is 6. The highest BCUT2D eigenvalue weighted by Gasteiger charge is 2.19. The molecule has 4 aromatic rings. The number of primary amides is 1. The number of hydrogen-bond acceptors (Lipinski definition) is 10. The highest BCUT2D eigenvalue weighted by atomic mass is 32.1. The van der Waals surface area contributed by atoms with E-state index in [1.54, 1.807) is 6.20 Å². The SMILES string of the molecule is Cc1ccc(NC(=O)Nc2ncc(CC(=O)O)s2)c(N2CCCCC2)c1.Cc1ccc(NC(=O)Nc2ncc(CC(N)=O)s2)c(N2CCCCC2)c1. The molecule has 2 aromatic carbocycles. The Kier molecular flexibility index (Phi) is 13.4. The molecule has 0 atom stereocenters. The predicted octanol–water partition coefficient (Wildman–Crippen LogP) is 6.83. The first kappa shape index (κ1) is 38.0. The Labute approximate surface area is 310 Å². The summed E-state index contributed by atoms with van der Waals surface area (Å²) in [7, 11) is 0. The molecular formula is C36H45N9O5S2. The van der Waals surface area contributed by atoms with Crippen molar-refractivity contribution >= 4 is 79.6 Å². The number of amides is 5. The van der Waals surface area contributed by atoms with Gasteiger partial charge >= 0.3 is 18.0 Å². The molecule has 2 aliphatic heterocycles. The molecule has 4 heterocycles. The maximum atomic E-state index is 12.4. The number of thiazole rings is 2. The van der Waals surface area contributed by atoms with E-state index < -0.39 is 11.9 Å². The van der Waals surface area contributed by atoms with Crippen LogP contribution < -0.4 is 36.8 Å². The van der Waals surface area contributed by atoms with Crippen LogP contribution in [0, 0.1) is 13.8 Å². The summed E-state index contributed by atoms with van der Waals surface area (Å²) in [6.07, 6.45) is 10.2. The van der Waals surface area contributed by atoms with Crippen molar-refractivity contribution in [2.24, 2.45) is 5.73 Å². The van der Waals surface area contributed by atoms with Gasteiger partial charge in [-0.15, -0.1) is 22.7 Å². The highest BCUT2D eigenvalue weighted by molar-refractivity contribution is 7.16. The third-order valence-corrected chi connectivity index (χ3v) is 10.2. The maximum Gasteiger partial charge on any atom is 0.325 e. The van der Waals surface area contributed by atoms with Crippen molar-refractivity contribution in [1.29, 1.82) is 0 Å². The van der Waals surface area contributed by atoms with E-state index in [9.17, 15) is 19.2 Å². The number of aryl methyl sites for hydroxylation is 2. The summed E-state index contributed by atoms with van der Waals surface area (Å²) in [4.78, 5) is 60.5. The van der Waals surface area contributed by atoms with Crippen molar-refractivity contribution in [2.75, 3.05) is 57.2 Å². The Hall–Kier alpha value is -5.22. The minimum absolute atomic E-state index is 0.0992. The number of aliphatic carboxylic acids is 1. The van der Waals surface area contributed by atoms with Crippen LogP contribution >= 0.6 is 22.7 Å². The lowest BCUT2D eigenvalue weighted by atomic mass is 10.1. The number of piperidine rings is 2. The summed E-state index contributed by atoms with van der Waals surface area (Å²) < 4.78 is 0. The Morgan fingerprint density at radius 2 is 1.10 bits per heavy atom. The minimum Gasteiger partial charge on any atom is -0.481 e. The van der Waals surface area contributed by atoms with Crippen molar-refractivity contribution in [1.82, 2.24) is 9.97 Å². The van der Waals surface area contributed by atoms with Crippen molar-refractivity contribution in [2.45, 2.75) is 65.2 Å². The molecule has 2 saturated heterocycles. The van der Waals surface area contributed by atoms with E-state index in [0.717, 1.165) is 89.1 Å². The van der Waals surface area contributed by atoms with Crippen LogP contribution in [0.15, 0.2) is 48.8 Å². The van der Waals surface area contributed by atoms with E-state index in [2.05, 4.69) is 53.2 Å². The average molecular weight is 748 g/mol. The van der Waals surface area contributed by atoms with Crippen LogP contribution in [0.1, 0.15) is 59.4 Å². The fraction of sp³-hybridized carbons (Fsp3) is 0.389. The molecule has 52 heavy (non-hydrogen) atoms. The third kappa shape index (κ3) is 11.4. The lowest BCUT2D eigenvalue weighted by Crippen LogP contribution is -2.31. The monoisotopic (exact) mass is 747 g/mol. The largest absolute Gasteiger partial charge is 0.481 e. The zero-order chi connectivity index (χ0) is 37.0. The number of nitrogens with two attached hydrogens (primary N) is 1. The molecule has 0 spiro atoms. The van der Waals surface area contributed by atoms with Gasteiger partial charge < -0.3 is 31.3 Å². The molecule has 7 N–H and O–H groups in total. The van der Waals surface area contributed by atoms with Crippen LogP contribution in [0.3, 0.4) is 0 Å². The Morgan fingerprint density at radius 3 is 1.50 bits per heavy atom. The molecule has 0 unspecified atom stereocenters. The molecule has 2 aromatic heterocycles. The van der Waals surface area contributed by atoms with Gasteiger partial charge in [-0.05, 0) is 87.8 Å². The number of rotatable bonds is 10. The van der Waals surface area contributed by atoms with Crippen molar-refractivity contribution in [3.63, 3.8) is 0 Å². The average Bonchev–Trinajstić information content (AvgIpc) is 3.75. The van der Waals surface area contributed by atoms with Gasteiger partial charge in [-0.2, -0.15) is 0 Å². The normalized spacial score (nSPS) is 14.1. The number of carbonyl (C=O) groups is 4. The van der Waals surface area contributed by atoms with Crippen LogP contribution in [0.5, 0.6) is 0 Å². The molecule has 16 heteroatoms. The number of carboxylic acid groups (broad SMARTS) is 1. The number of carboxylic acids is 1. The number of aromatic nitrogens is 2. The second-order valence-electron chi connectivity index (χ2n) is 12.8.